The smallest absolute Gasteiger partial charge is 0.178 e. The Hall–Kier alpha value is 0.240. The molecule has 0 bridgehead atoms. The zero-order valence-electron chi connectivity index (χ0n) is 4.22. The predicted octanol–water partition coefficient (Wildman–Crippen LogP) is 0.923. The van der Waals surface area contributed by atoms with Gasteiger partial charge in [-0.2, -0.15) is 0 Å². The van der Waals surface area contributed by atoms with Crippen molar-refractivity contribution in [1.82, 2.24) is 0 Å². The van der Waals surface area contributed by atoms with Gasteiger partial charge in [0.05, 0.1) is 5.75 Å². The topological polar surface area (TPSA) is 34.1 Å². The van der Waals surface area contributed by atoms with E-state index in [2.05, 4.69) is 0 Å². The maximum Gasteiger partial charge on any atom is 0.178 e. The van der Waals surface area contributed by atoms with E-state index in [9.17, 15) is 8.42 Å². The molecular formula is C4H6ClO2S. The summed E-state index contributed by atoms with van der Waals surface area (Å²) in [5, 5.41) is 0. The number of hydrogen-bond acceptors (Lipinski definition) is 2. The van der Waals surface area contributed by atoms with Crippen LogP contribution in [0.5, 0.6) is 0 Å². The molecule has 4 heteroatoms. The van der Waals surface area contributed by atoms with E-state index in [0.29, 0.717) is 12.8 Å². The maximum atomic E-state index is 10.6. The fraction of sp³-hybridized carbons (Fsp3) is 0.750. The van der Waals surface area contributed by atoms with E-state index in [1.165, 1.54) is 0 Å². The normalized spacial score (nSPS) is 28.6. The van der Waals surface area contributed by atoms with Crippen molar-refractivity contribution in [2.45, 2.75) is 12.8 Å². The van der Waals surface area contributed by atoms with Crippen LogP contribution in [0.1, 0.15) is 12.8 Å². The summed E-state index contributed by atoms with van der Waals surface area (Å²) in [6.07, 6.45) is 1.24. The second-order valence-corrected chi connectivity index (χ2v) is 4.59. The molecule has 1 aliphatic rings. The van der Waals surface area contributed by atoms with Crippen LogP contribution in [0.3, 0.4) is 0 Å². The largest absolute Gasteiger partial charge is 0.227 e. The van der Waals surface area contributed by atoms with Crippen LogP contribution in [-0.2, 0) is 9.84 Å². The van der Waals surface area contributed by atoms with Crippen LogP contribution >= 0.6 is 11.6 Å². The van der Waals surface area contributed by atoms with Gasteiger partial charge in [0.15, 0.2) is 14.5 Å². The average molecular weight is 154 g/mol. The molecule has 0 aromatic heterocycles. The van der Waals surface area contributed by atoms with E-state index in [1.54, 1.807) is 0 Å². The summed E-state index contributed by atoms with van der Waals surface area (Å²) < 4.78 is 21.3. The minimum Gasteiger partial charge on any atom is -0.227 e. The Balaban J connectivity index is 2.85. The third kappa shape index (κ3) is 0.977. The van der Waals surface area contributed by atoms with E-state index >= 15 is 0 Å². The van der Waals surface area contributed by atoms with Crippen molar-refractivity contribution in [3.8, 4) is 0 Å². The molecule has 1 heterocycles. The summed E-state index contributed by atoms with van der Waals surface area (Å²) in [6.45, 7) is 0. The first-order valence-corrected chi connectivity index (χ1v) is 4.40. The van der Waals surface area contributed by atoms with Crippen LogP contribution in [0.4, 0.5) is 0 Å². The second-order valence-electron chi connectivity index (χ2n) is 1.78. The molecule has 0 amide bonds. The van der Waals surface area contributed by atoms with Gasteiger partial charge in [-0.25, -0.2) is 8.42 Å². The lowest BCUT2D eigenvalue weighted by Crippen LogP contribution is -2.00. The van der Waals surface area contributed by atoms with Gasteiger partial charge in [0.25, 0.3) is 0 Å². The molecule has 0 aliphatic carbocycles. The first kappa shape index (κ1) is 6.36. The van der Waals surface area contributed by atoms with Gasteiger partial charge >= 0.3 is 0 Å². The first-order chi connectivity index (χ1) is 3.63. The highest BCUT2D eigenvalue weighted by atomic mass is 35.5. The summed E-state index contributed by atoms with van der Waals surface area (Å²) >= 11 is 5.33. The van der Waals surface area contributed by atoms with Gasteiger partial charge in [-0.3, -0.25) is 0 Å². The fourth-order valence-corrected chi connectivity index (χ4v) is 2.23. The molecule has 0 atom stereocenters. The molecule has 0 unspecified atom stereocenters. The Bertz CT molecular complexity index is 172. The molecule has 0 aromatic rings. The summed E-state index contributed by atoms with van der Waals surface area (Å²) in [6, 6.07) is 0. The third-order valence-corrected chi connectivity index (χ3v) is 3.72. The quantitative estimate of drug-likeness (QED) is 0.519. The minimum absolute atomic E-state index is 0.137. The van der Waals surface area contributed by atoms with Gasteiger partial charge in [0, 0.05) is 0 Å². The lowest BCUT2D eigenvalue weighted by molar-refractivity contribution is 0.604. The van der Waals surface area contributed by atoms with Crippen molar-refractivity contribution in [3.05, 3.63) is 4.71 Å². The van der Waals surface area contributed by atoms with Crippen molar-refractivity contribution < 1.29 is 8.42 Å². The molecule has 0 saturated carbocycles. The van der Waals surface area contributed by atoms with Crippen LogP contribution in [0.2, 0.25) is 0 Å². The highest BCUT2D eigenvalue weighted by Gasteiger charge is 2.29. The van der Waals surface area contributed by atoms with Crippen molar-refractivity contribution in [2.75, 3.05) is 5.75 Å². The molecule has 1 fully saturated rings. The molecule has 1 rings (SSSR count). The van der Waals surface area contributed by atoms with Gasteiger partial charge in [-0.1, -0.05) is 11.6 Å². The van der Waals surface area contributed by atoms with Gasteiger partial charge in [-0.15, -0.1) is 0 Å². The van der Waals surface area contributed by atoms with E-state index < -0.39 is 9.84 Å². The lowest BCUT2D eigenvalue weighted by Gasteiger charge is -1.91. The van der Waals surface area contributed by atoms with Gasteiger partial charge in [-0.05, 0) is 12.8 Å². The van der Waals surface area contributed by atoms with E-state index in [-0.39, 0.29) is 10.5 Å². The Labute approximate surface area is 53.8 Å². The van der Waals surface area contributed by atoms with E-state index in [1.807, 2.05) is 0 Å². The zero-order chi connectivity index (χ0) is 6.20. The summed E-state index contributed by atoms with van der Waals surface area (Å²) in [5.74, 6) is 0.242. The van der Waals surface area contributed by atoms with Crippen molar-refractivity contribution >= 4 is 21.4 Å². The Morgan fingerprint density at radius 1 is 1.50 bits per heavy atom. The highest BCUT2D eigenvalue weighted by molar-refractivity contribution is 7.96. The lowest BCUT2D eigenvalue weighted by atomic mass is 10.4. The van der Waals surface area contributed by atoms with Crippen LogP contribution in [0.15, 0.2) is 0 Å². The van der Waals surface area contributed by atoms with Crippen LogP contribution in [0, 0.1) is 4.71 Å². The predicted molar refractivity (Wildman–Crippen MR) is 32.1 cm³/mol. The molecule has 8 heavy (non-hydrogen) atoms. The maximum absolute atomic E-state index is 10.6. The Kier molecular flexibility index (Phi) is 1.50. The van der Waals surface area contributed by atoms with Gasteiger partial charge in [0.1, 0.15) is 0 Å². The Morgan fingerprint density at radius 2 is 2.12 bits per heavy atom. The van der Waals surface area contributed by atoms with Crippen molar-refractivity contribution in [1.29, 1.82) is 0 Å². The van der Waals surface area contributed by atoms with E-state index in [0.717, 1.165) is 0 Å². The van der Waals surface area contributed by atoms with Crippen molar-refractivity contribution in [3.63, 3.8) is 0 Å². The van der Waals surface area contributed by atoms with Crippen LogP contribution < -0.4 is 0 Å². The fourth-order valence-electron chi connectivity index (χ4n) is 0.667. The average Bonchev–Trinajstić information content (AvgIpc) is 1.86. The zero-order valence-corrected chi connectivity index (χ0v) is 5.80. The van der Waals surface area contributed by atoms with Gasteiger partial charge in [0.2, 0.25) is 0 Å². The summed E-state index contributed by atoms with van der Waals surface area (Å²) in [7, 11) is -2.94. The number of hydrogen-bond donors (Lipinski definition) is 0. The second kappa shape index (κ2) is 1.88. The standard InChI is InChI=1S/C4H6ClO2S/c5-4-2-1-3-8(4,6)7/h1-3H2. The SMILES string of the molecule is O=S1(=O)CCC[C]1Cl. The molecular weight excluding hydrogens is 148 g/mol. The molecule has 1 saturated heterocycles. The Morgan fingerprint density at radius 3 is 2.25 bits per heavy atom. The molecule has 1 aliphatic heterocycles. The molecule has 0 aromatic carbocycles. The summed E-state index contributed by atoms with van der Waals surface area (Å²) in [4.78, 5) is 0. The van der Waals surface area contributed by atoms with E-state index in [4.69, 9.17) is 11.6 Å². The van der Waals surface area contributed by atoms with Crippen LogP contribution in [-0.4, -0.2) is 14.2 Å². The number of rotatable bonds is 0. The summed E-state index contributed by atoms with van der Waals surface area (Å²) in [5.41, 5.74) is 0. The first-order valence-electron chi connectivity index (χ1n) is 2.37. The molecule has 47 valence electrons. The van der Waals surface area contributed by atoms with Gasteiger partial charge < -0.3 is 0 Å². The highest BCUT2D eigenvalue weighted by Crippen LogP contribution is 2.29. The number of sulfone groups is 1. The molecule has 0 N–H and O–H groups in total. The van der Waals surface area contributed by atoms with Crippen molar-refractivity contribution in [2.24, 2.45) is 0 Å². The minimum atomic E-state index is -2.94. The third-order valence-electron chi connectivity index (χ3n) is 1.12. The molecule has 1 radical (unpaired) electrons. The molecule has 0 spiro atoms. The molecule has 2 nitrogen and oxygen atoms in total. The van der Waals surface area contributed by atoms with Crippen LogP contribution in [0.25, 0.3) is 0 Å². The number of halogens is 1. The monoisotopic (exact) mass is 153 g/mol.